The fourth-order valence-corrected chi connectivity index (χ4v) is 4.00. The highest BCUT2D eigenvalue weighted by Gasteiger charge is 2.55. The van der Waals surface area contributed by atoms with Crippen molar-refractivity contribution < 1.29 is 27.5 Å². The third-order valence-electron chi connectivity index (χ3n) is 5.23. The zero-order valence-electron chi connectivity index (χ0n) is 17.1. The van der Waals surface area contributed by atoms with Crippen LogP contribution in [0.25, 0.3) is 22.6 Å². The van der Waals surface area contributed by atoms with E-state index in [1.54, 1.807) is 49.4 Å². The second kappa shape index (κ2) is 7.19. The standard InChI is InChI=1S/C22H20F3N3O3/c1-12-26-27-18(31-12)14-9-7-13(8-10-14)16-6-4-5-15-11-28(19(29)17(15)16)20(21(2,3)30)22(23,24)25/h4-10,20,30H,11H2,1-3H3. The molecule has 0 fully saturated rings. The van der Waals surface area contributed by atoms with E-state index in [0.717, 1.165) is 13.8 Å². The molecular formula is C22H20F3N3O3. The number of benzene rings is 2. The Labute approximate surface area is 176 Å². The van der Waals surface area contributed by atoms with Crippen molar-refractivity contribution in [1.29, 1.82) is 0 Å². The number of hydrogen-bond donors (Lipinski definition) is 1. The van der Waals surface area contributed by atoms with Crippen LogP contribution in [-0.4, -0.2) is 43.9 Å². The minimum Gasteiger partial charge on any atom is -0.421 e. The molecule has 162 valence electrons. The number of fused-ring (bicyclic) bond motifs is 1. The monoisotopic (exact) mass is 431 g/mol. The van der Waals surface area contributed by atoms with E-state index in [4.69, 9.17) is 4.42 Å². The molecule has 6 nitrogen and oxygen atoms in total. The Bertz CT molecular complexity index is 1120. The molecule has 0 saturated heterocycles. The van der Waals surface area contributed by atoms with Gasteiger partial charge in [0.1, 0.15) is 0 Å². The van der Waals surface area contributed by atoms with Gasteiger partial charge < -0.3 is 14.4 Å². The molecule has 9 heteroatoms. The maximum absolute atomic E-state index is 13.7. The zero-order chi connectivity index (χ0) is 22.6. The van der Waals surface area contributed by atoms with E-state index in [0.29, 0.717) is 38.9 Å². The highest BCUT2D eigenvalue weighted by Crippen LogP contribution is 2.40. The Hall–Kier alpha value is -3.20. The molecule has 1 atom stereocenters. The molecule has 1 aliphatic heterocycles. The summed E-state index contributed by atoms with van der Waals surface area (Å²) in [5.74, 6) is 0.0195. The van der Waals surface area contributed by atoms with Gasteiger partial charge >= 0.3 is 6.18 Å². The summed E-state index contributed by atoms with van der Waals surface area (Å²) < 4.78 is 46.6. The number of halogens is 3. The molecule has 4 rings (SSSR count). The van der Waals surface area contributed by atoms with Gasteiger partial charge in [0.2, 0.25) is 11.8 Å². The van der Waals surface area contributed by atoms with Crippen LogP contribution in [0.15, 0.2) is 46.9 Å². The highest BCUT2D eigenvalue weighted by molar-refractivity contribution is 6.04. The Balaban J connectivity index is 1.71. The number of carbonyl (C=O) groups excluding carboxylic acids is 1. The van der Waals surface area contributed by atoms with E-state index in [-0.39, 0.29) is 12.1 Å². The van der Waals surface area contributed by atoms with Crippen molar-refractivity contribution in [3.63, 3.8) is 0 Å². The van der Waals surface area contributed by atoms with Crippen LogP contribution in [0.4, 0.5) is 13.2 Å². The molecule has 1 N–H and O–H groups in total. The number of rotatable bonds is 4. The number of nitrogens with zero attached hydrogens (tertiary/aromatic N) is 3. The SMILES string of the molecule is Cc1nnc(-c2ccc(-c3cccc4c3C(=O)N(C(C(C)(C)O)C(F)(F)F)C4)cc2)o1. The van der Waals surface area contributed by atoms with E-state index in [2.05, 4.69) is 10.2 Å². The van der Waals surface area contributed by atoms with Gasteiger partial charge in [-0.15, -0.1) is 10.2 Å². The fraction of sp³-hybridized carbons (Fsp3) is 0.318. The van der Waals surface area contributed by atoms with Gasteiger partial charge in [0.15, 0.2) is 6.04 Å². The average Bonchev–Trinajstić information content (AvgIpc) is 3.24. The summed E-state index contributed by atoms with van der Waals surface area (Å²) in [5, 5.41) is 17.9. The van der Waals surface area contributed by atoms with E-state index >= 15 is 0 Å². The first-order valence-electron chi connectivity index (χ1n) is 9.59. The molecule has 1 aliphatic rings. The summed E-state index contributed by atoms with van der Waals surface area (Å²) in [6.45, 7) is 3.56. The van der Waals surface area contributed by atoms with Crippen LogP contribution in [0.5, 0.6) is 0 Å². The van der Waals surface area contributed by atoms with E-state index in [1.807, 2.05) is 0 Å². The van der Waals surface area contributed by atoms with Crippen LogP contribution >= 0.6 is 0 Å². The molecule has 0 saturated carbocycles. The van der Waals surface area contributed by atoms with Gasteiger partial charge in [-0.05, 0) is 42.7 Å². The van der Waals surface area contributed by atoms with Crippen molar-refractivity contribution in [3.8, 4) is 22.6 Å². The predicted octanol–water partition coefficient (Wildman–Crippen LogP) is 4.37. The average molecular weight is 431 g/mol. The molecule has 2 aromatic carbocycles. The van der Waals surface area contributed by atoms with Gasteiger partial charge in [-0.1, -0.05) is 30.3 Å². The normalized spacial score (nSPS) is 15.3. The second-order valence-electron chi connectivity index (χ2n) is 8.07. The number of aliphatic hydroxyl groups is 1. The Morgan fingerprint density at radius 1 is 1.06 bits per heavy atom. The van der Waals surface area contributed by atoms with Crippen molar-refractivity contribution in [1.82, 2.24) is 15.1 Å². The number of amides is 1. The Kier molecular flexibility index (Phi) is 4.88. The van der Waals surface area contributed by atoms with Crippen molar-refractivity contribution >= 4 is 5.91 Å². The largest absolute Gasteiger partial charge is 0.421 e. The molecule has 1 unspecified atom stereocenters. The lowest BCUT2D eigenvalue weighted by Crippen LogP contribution is -2.57. The van der Waals surface area contributed by atoms with Crippen molar-refractivity contribution in [2.24, 2.45) is 0 Å². The maximum Gasteiger partial charge on any atom is 0.411 e. The summed E-state index contributed by atoms with van der Waals surface area (Å²) >= 11 is 0. The first-order chi connectivity index (χ1) is 14.5. The maximum atomic E-state index is 13.7. The number of hydrogen-bond acceptors (Lipinski definition) is 5. The van der Waals surface area contributed by atoms with Crippen LogP contribution in [0, 0.1) is 6.92 Å². The van der Waals surface area contributed by atoms with Crippen LogP contribution < -0.4 is 0 Å². The lowest BCUT2D eigenvalue weighted by atomic mass is 9.95. The van der Waals surface area contributed by atoms with E-state index in [9.17, 15) is 23.1 Å². The predicted molar refractivity (Wildman–Crippen MR) is 106 cm³/mol. The first-order valence-corrected chi connectivity index (χ1v) is 9.59. The van der Waals surface area contributed by atoms with E-state index < -0.39 is 23.7 Å². The Morgan fingerprint density at radius 3 is 2.26 bits per heavy atom. The highest BCUT2D eigenvalue weighted by atomic mass is 19.4. The molecule has 2 heterocycles. The van der Waals surface area contributed by atoms with Gasteiger partial charge in [0.05, 0.1) is 11.2 Å². The van der Waals surface area contributed by atoms with Gasteiger partial charge in [0, 0.05) is 19.0 Å². The van der Waals surface area contributed by atoms with Gasteiger partial charge in [-0.25, -0.2) is 0 Å². The molecule has 1 amide bonds. The first kappa shape index (κ1) is 21.0. The molecule has 0 radical (unpaired) electrons. The lowest BCUT2D eigenvalue weighted by Gasteiger charge is -2.37. The molecule has 31 heavy (non-hydrogen) atoms. The number of aromatic nitrogens is 2. The smallest absolute Gasteiger partial charge is 0.411 e. The molecule has 0 spiro atoms. The third kappa shape index (κ3) is 3.81. The van der Waals surface area contributed by atoms with Gasteiger partial charge in [-0.3, -0.25) is 4.79 Å². The summed E-state index contributed by atoms with van der Waals surface area (Å²) in [7, 11) is 0. The molecule has 3 aromatic rings. The quantitative estimate of drug-likeness (QED) is 0.664. The molecule has 1 aromatic heterocycles. The van der Waals surface area contributed by atoms with Crippen molar-refractivity contribution in [2.45, 2.75) is 45.1 Å². The number of carbonyl (C=O) groups is 1. The lowest BCUT2D eigenvalue weighted by molar-refractivity contribution is -0.219. The van der Waals surface area contributed by atoms with Crippen molar-refractivity contribution in [2.75, 3.05) is 0 Å². The summed E-state index contributed by atoms with van der Waals surface area (Å²) in [5.41, 5.74) is 0.415. The topological polar surface area (TPSA) is 79.5 Å². The van der Waals surface area contributed by atoms with Crippen LogP contribution in [-0.2, 0) is 6.54 Å². The molecule has 0 aliphatic carbocycles. The third-order valence-corrected chi connectivity index (χ3v) is 5.23. The summed E-state index contributed by atoms with van der Waals surface area (Å²) in [6, 6.07) is 9.68. The Morgan fingerprint density at radius 2 is 1.71 bits per heavy atom. The number of alkyl halides is 3. The fourth-order valence-electron chi connectivity index (χ4n) is 4.00. The van der Waals surface area contributed by atoms with Crippen LogP contribution in [0.3, 0.4) is 0 Å². The van der Waals surface area contributed by atoms with E-state index in [1.165, 1.54) is 0 Å². The van der Waals surface area contributed by atoms with Crippen molar-refractivity contribution in [3.05, 3.63) is 59.5 Å². The summed E-state index contributed by atoms with van der Waals surface area (Å²) in [6.07, 6.45) is -4.78. The minimum atomic E-state index is -4.78. The summed E-state index contributed by atoms with van der Waals surface area (Å²) in [4.78, 5) is 13.8. The van der Waals surface area contributed by atoms with Crippen LogP contribution in [0.2, 0.25) is 0 Å². The van der Waals surface area contributed by atoms with Crippen LogP contribution in [0.1, 0.15) is 35.7 Å². The van der Waals surface area contributed by atoms with Gasteiger partial charge in [0.25, 0.3) is 5.91 Å². The molecular weight excluding hydrogens is 411 g/mol. The minimum absolute atomic E-state index is 0.211. The zero-order valence-corrected chi connectivity index (χ0v) is 17.1. The second-order valence-corrected chi connectivity index (χ2v) is 8.07. The molecule has 0 bridgehead atoms. The number of aryl methyl sites for hydroxylation is 1. The van der Waals surface area contributed by atoms with Gasteiger partial charge in [-0.2, -0.15) is 13.2 Å².